The number of ether oxygens (including phenoxy) is 1. The molecule has 0 bridgehead atoms. The molecule has 1 saturated carbocycles. The molecule has 2 fully saturated rings. The minimum atomic E-state index is -0.293. The molecule has 0 spiro atoms. The lowest BCUT2D eigenvalue weighted by molar-refractivity contribution is -0.130. The van der Waals surface area contributed by atoms with Crippen molar-refractivity contribution in [3.63, 3.8) is 0 Å². The van der Waals surface area contributed by atoms with Crippen molar-refractivity contribution in [1.82, 2.24) is 15.0 Å². The molecule has 1 aliphatic heterocycles. The van der Waals surface area contributed by atoms with Gasteiger partial charge in [-0.05, 0) is 64.2 Å². The predicted molar refractivity (Wildman–Crippen MR) is 138 cm³/mol. The summed E-state index contributed by atoms with van der Waals surface area (Å²) in [4.78, 5) is 38.2. The summed E-state index contributed by atoms with van der Waals surface area (Å²) in [6.07, 6.45) is 6.44. The van der Waals surface area contributed by atoms with E-state index in [0.29, 0.717) is 31.0 Å². The molecule has 1 aromatic carbocycles. The van der Waals surface area contributed by atoms with Crippen LogP contribution in [-0.4, -0.2) is 39.0 Å². The molecule has 8 heteroatoms. The third-order valence-electron chi connectivity index (χ3n) is 6.76. The van der Waals surface area contributed by atoms with Gasteiger partial charge in [0.15, 0.2) is 0 Å². The van der Waals surface area contributed by atoms with Crippen molar-refractivity contribution in [2.75, 3.05) is 17.2 Å². The summed E-state index contributed by atoms with van der Waals surface area (Å²) in [7, 11) is 0. The van der Waals surface area contributed by atoms with E-state index in [4.69, 9.17) is 4.74 Å². The highest BCUT2D eigenvalue weighted by Crippen LogP contribution is 2.32. The first-order chi connectivity index (χ1) is 17.3. The fraction of sp³-hybridized carbons (Fsp3) is 0.393. The zero-order valence-electron chi connectivity index (χ0n) is 20.9. The molecule has 2 amide bonds. The quantitative estimate of drug-likeness (QED) is 0.509. The Bertz CT molecular complexity index is 1300. The molecular formula is C28H31N5O3. The Morgan fingerprint density at radius 3 is 2.50 bits per heavy atom. The molecule has 1 aliphatic carbocycles. The number of nitrogens with zero attached hydrogens (tertiary/aromatic N) is 3. The van der Waals surface area contributed by atoms with Gasteiger partial charge in [-0.15, -0.1) is 0 Å². The van der Waals surface area contributed by atoms with Crippen LogP contribution in [-0.2, 0) is 14.3 Å². The van der Waals surface area contributed by atoms with Gasteiger partial charge in [0.2, 0.25) is 11.8 Å². The highest BCUT2D eigenvalue weighted by Gasteiger charge is 2.33. The molecule has 2 aliphatic rings. The van der Waals surface area contributed by atoms with Crippen LogP contribution in [0.5, 0.6) is 0 Å². The zero-order valence-corrected chi connectivity index (χ0v) is 20.9. The molecule has 2 N–H and O–H groups in total. The predicted octanol–water partition coefficient (Wildman–Crippen LogP) is 5.01. The summed E-state index contributed by atoms with van der Waals surface area (Å²) in [6, 6.07) is 11.7. The van der Waals surface area contributed by atoms with Gasteiger partial charge in [-0.3, -0.25) is 14.6 Å². The number of carbonyl (C=O) groups is 2. The Kier molecular flexibility index (Phi) is 6.53. The van der Waals surface area contributed by atoms with Crippen LogP contribution in [0, 0.1) is 18.8 Å². The van der Waals surface area contributed by atoms with Gasteiger partial charge in [0, 0.05) is 41.3 Å². The van der Waals surface area contributed by atoms with Gasteiger partial charge in [0.25, 0.3) is 0 Å². The topological polar surface area (TPSA) is 106 Å². The lowest BCUT2D eigenvalue weighted by atomic mass is 9.88. The molecule has 1 atom stereocenters. The maximum atomic E-state index is 12.9. The second kappa shape index (κ2) is 9.78. The Labute approximate surface area is 210 Å². The molecular weight excluding hydrogens is 454 g/mol. The molecule has 1 saturated heterocycles. The number of aromatic nitrogens is 3. The average Bonchev–Trinajstić information content (AvgIpc) is 3.71. The van der Waals surface area contributed by atoms with E-state index in [1.807, 2.05) is 51.1 Å². The molecule has 8 nitrogen and oxygen atoms in total. The number of hydrogen-bond acceptors (Lipinski definition) is 6. The van der Waals surface area contributed by atoms with E-state index in [2.05, 4.69) is 25.6 Å². The Morgan fingerprint density at radius 2 is 1.72 bits per heavy atom. The monoisotopic (exact) mass is 485 g/mol. The molecule has 0 radical (unpaired) electrons. The van der Waals surface area contributed by atoms with Crippen LogP contribution >= 0.6 is 0 Å². The van der Waals surface area contributed by atoms with Gasteiger partial charge < -0.3 is 15.4 Å². The third-order valence-corrected chi connectivity index (χ3v) is 6.76. The number of rotatable bonds is 6. The van der Waals surface area contributed by atoms with E-state index in [1.54, 1.807) is 12.3 Å². The van der Waals surface area contributed by atoms with Crippen molar-refractivity contribution in [3.05, 3.63) is 54.6 Å². The van der Waals surface area contributed by atoms with Crippen LogP contribution in [0.25, 0.3) is 22.4 Å². The van der Waals surface area contributed by atoms with Crippen LogP contribution in [0.2, 0.25) is 0 Å². The number of pyridine rings is 1. The molecule has 5 rings (SSSR count). The second-order valence-corrected chi connectivity index (χ2v) is 10.3. The van der Waals surface area contributed by atoms with E-state index in [1.165, 1.54) is 6.33 Å². The summed E-state index contributed by atoms with van der Waals surface area (Å²) in [5.74, 6) is 0.528. The average molecular weight is 486 g/mol. The van der Waals surface area contributed by atoms with E-state index in [-0.39, 0.29) is 29.3 Å². The van der Waals surface area contributed by atoms with Crippen LogP contribution in [0.15, 0.2) is 48.9 Å². The smallest absolute Gasteiger partial charge is 0.228 e. The van der Waals surface area contributed by atoms with Gasteiger partial charge in [0.05, 0.1) is 23.2 Å². The summed E-state index contributed by atoms with van der Waals surface area (Å²) in [6.45, 7) is 6.58. The first kappa shape index (κ1) is 24.1. The van der Waals surface area contributed by atoms with Gasteiger partial charge in [-0.25, -0.2) is 9.97 Å². The highest BCUT2D eigenvalue weighted by molar-refractivity contribution is 5.94. The number of hydrogen-bond donors (Lipinski definition) is 2. The van der Waals surface area contributed by atoms with E-state index in [9.17, 15) is 9.59 Å². The largest absolute Gasteiger partial charge is 0.376 e. The lowest BCUT2D eigenvalue weighted by Gasteiger charge is -2.34. The van der Waals surface area contributed by atoms with Crippen LogP contribution in [0.3, 0.4) is 0 Å². The summed E-state index contributed by atoms with van der Waals surface area (Å²) in [5.41, 5.74) is 4.74. The number of nitrogens with one attached hydrogen (secondary N) is 2. The van der Waals surface area contributed by atoms with Crippen LogP contribution in [0.4, 0.5) is 11.5 Å². The lowest BCUT2D eigenvalue weighted by Crippen LogP contribution is -2.39. The SMILES string of the molecule is Cc1ncc(NC(=O)C2CCOC(C)(C)C2)cc1-c1cccc(-c2cc(NC(=O)C3CC3)ncn2)c1. The molecule has 3 heterocycles. The van der Waals surface area contributed by atoms with E-state index >= 15 is 0 Å². The van der Waals surface area contributed by atoms with Gasteiger partial charge in [-0.1, -0.05) is 18.2 Å². The zero-order chi connectivity index (χ0) is 25.3. The summed E-state index contributed by atoms with van der Waals surface area (Å²) >= 11 is 0. The van der Waals surface area contributed by atoms with Gasteiger partial charge >= 0.3 is 0 Å². The van der Waals surface area contributed by atoms with E-state index in [0.717, 1.165) is 40.9 Å². The van der Waals surface area contributed by atoms with Crippen LogP contribution in [0.1, 0.15) is 45.2 Å². The Balaban J connectivity index is 1.36. The minimum Gasteiger partial charge on any atom is -0.376 e. The third kappa shape index (κ3) is 5.60. The maximum absolute atomic E-state index is 12.9. The number of anilines is 2. The standard InChI is InChI=1S/C28H31N5O3/c1-17-23(12-22(15-29-17)32-27(35)21-9-10-36-28(2,3)14-21)19-5-4-6-20(11-19)24-13-25(31-16-30-24)33-26(34)18-7-8-18/h4-6,11-13,15-16,18,21H,7-10,14H2,1-3H3,(H,32,35)(H,30,31,33,34). The van der Waals surface area contributed by atoms with Gasteiger partial charge in [-0.2, -0.15) is 0 Å². The minimum absolute atomic E-state index is 0.00140. The fourth-order valence-corrected chi connectivity index (χ4v) is 4.60. The van der Waals surface area contributed by atoms with E-state index < -0.39 is 0 Å². The number of benzene rings is 1. The molecule has 36 heavy (non-hydrogen) atoms. The van der Waals surface area contributed by atoms with Crippen molar-refractivity contribution in [1.29, 1.82) is 0 Å². The molecule has 186 valence electrons. The number of amides is 2. The van der Waals surface area contributed by atoms with Crippen molar-refractivity contribution in [2.45, 2.75) is 52.1 Å². The van der Waals surface area contributed by atoms with Crippen molar-refractivity contribution in [2.24, 2.45) is 11.8 Å². The highest BCUT2D eigenvalue weighted by atomic mass is 16.5. The first-order valence-electron chi connectivity index (χ1n) is 12.4. The Morgan fingerprint density at radius 1 is 0.944 bits per heavy atom. The normalized spacial score (nSPS) is 18.9. The molecule has 2 aromatic heterocycles. The maximum Gasteiger partial charge on any atom is 0.228 e. The van der Waals surface area contributed by atoms with Crippen molar-refractivity contribution >= 4 is 23.3 Å². The van der Waals surface area contributed by atoms with Crippen molar-refractivity contribution in [3.8, 4) is 22.4 Å². The Hall–Kier alpha value is -3.65. The van der Waals surface area contributed by atoms with Gasteiger partial charge in [0.1, 0.15) is 12.1 Å². The summed E-state index contributed by atoms with van der Waals surface area (Å²) < 4.78 is 5.75. The molecule has 3 aromatic rings. The van der Waals surface area contributed by atoms with Crippen LogP contribution < -0.4 is 10.6 Å². The summed E-state index contributed by atoms with van der Waals surface area (Å²) in [5, 5.41) is 5.93. The number of aryl methyl sites for hydroxylation is 1. The number of carbonyl (C=O) groups excluding carboxylic acids is 2. The molecule has 1 unspecified atom stereocenters. The fourth-order valence-electron chi connectivity index (χ4n) is 4.60. The van der Waals surface area contributed by atoms with Crippen molar-refractivity contribution < 1.29 is 14.3 Å². The second-order valence-electron chi connectivity index (χ2n) is 10.3. The first-order valence-corrected chi connectivity index (χ1v) is 12.4.